The van der Waals surface area contributed by atoms with Gasteiger partial charge in [0.15, 0.2) is 0 Å². The summed E-state index contributed by atoms with van der Waals surface area (Å²) in [7, 11) is 1.31. The van der Waals surface area contributed by atoms with Gasteiger partial charge in [-0.15, -0.1) is 10.2 Å². The number of nitrogens with one attached hydrogen (secondary N) is 1. The predicted molar refractivity (Wildman–Crippen MR) is 103 cm³/mol. The summed E-state index contributed by atoms with van der Waals surface area (Å²) < 4.78 is 10.4. The van der Waals surface area contributed by atoms with Crippen LogP contribution in [0, 0.1) is 19.8 Å². The fraction of sp³-hybridized carbons (Fsp3) is 0.474. The molecule has 2 atom stereocenters. The fourth-order valence-corrected chi connectivity index (χ4v) is 2.97. The standard InChI is InChI=1S/C19H25N3O4S/c1-6-11(2)16(18(24)25-5)20-15(23)10-27-19-22-21-17(26-19)14-8-7-12(3)13(4)9-14/h7-9,11,16H,6,10H2,1-5H3,(H,20,23)/t11-,16+/m0/s1. The van der Waals surface area contributed by atoms with Crippen LogP contribution in [-0.4, -0.2) is 41.0 Å². The molecule has 0 fully saturated rings. The Morgan fingerprint density at radius 1 is 1.26 bits per heavy atom. The molecule has 0 unspecified atom stereocenters. The molecule has 0 aliphatic heterocycles. The van der Waals surface area contributed by atoms with Crippen molar-refractivity contribution in [3.05, 3.63) is 29.3 Å². The van der Waals surface area contributed by atoms with Gasteiger partial charge in [-0.2, -0.15) is 0 Å². The lowest BCUT2D eigenvalue weighted by Gasteiger charge is -2.21. The molecule has 0 radical (unpaired) electrons. The third kappa shape index (κ3) is 5.56. The second-order valence-corrected chi connectivity index (χ2v) is 7.34. The molecule has 0 saturated carbocycles. The summed E-state index contributed by atoms with van der Waals surface area (Å²) >= 11 is 1.13. The van der Waals surface area contributed by atoms with E-state index >= 15 is 0 Å². The molecule has 0 aliphatic carbocycles. The molecular weight excluding hydrogens is 366 g/mol. The Morgan fingerprint density at radius 3 is 2.63 bits per heavy atom. The zero-order valence-corrected chi connectivity index (χ0v) is 17.1. The topological polar surface area (TPSA) is 94.3 Å². The third-order valence-electron chi connectivity index (χ3n) is 4.47. The SMILES string of the molecule is CC[C@H](C)[C@@H](NC(=O)CSc1nnc(-c2ccc(C)c(C)c2)o1)C(=O)OC. The highest BCUT2D eigenvalue weighted by molar-refractivity contribution is 7.99. The molecule has 7 nitrogen and oxygen atoms in total. The van der Waals surface area contributed by atoms with E-state index in [1.807, 2.05) is 45.9 Å². The molecule has 0 saturated heterocycles. The number of rotatable bonds is 8. The third-order valence-corrected chi connectivity index (χ3v) is 5.29. The zero-order chi connectivity index (χ0) is 20.0. The number of carbonyl (C=O) groups excluding carboxylic acids is 2. The Balaban J connectivity index is 1.96. The van der Waals surface area contributed by atoms with Gasteiger partial charge in [0.05, 0.1) is 12.9 Å². The molecule has 1 heterocycles. The summed E-state index contributed by atoms with van der Waals surface area (Å²) in [5.74, 6) is -0.281. The number of benzene rings is 1. The van der Waals surface area contributed by atoms with E-state index in [0.29, 0.717) is 11.1 Å². The lowest BCUT2D eigenvalue weighted by atomic mass is 9.99. The van der Waals surface area contributed by atoms with E-state index < -0.39 is 12.0 Å². The number of carbonyl (C=O) groups is 2. The number of ether oxygens (including phenoxy) is 1. The highest BCUT2D eigenvalue weighted by Gasteiger charge is 2.26. The first kappa shape index (κ1) is 21.0. The van der Waals surface area contributed by atoms with Gasteiger partial charge >= 0.3 is 5.97 Å². The molecule has 146 valence electrons. The van der Waals surface area contributed by atoms with E-state index in [4.69, 9.17) is 9.15 Å². The van der Waals surface area contributed by atoms with E-state index in [1.165, 1.54) is 12.7 Å². The van der Waals surface area contributed by atoms with Crippen LogP contribution in [0.25, 0.3) is 11.5 Å². The minimum Gasteiger partial charge on any atom is -0.467 e. The summed E-state index contributed by atoms with van der Waals surface area (Å²) in [6, 6.07) is 5.24. The van der Waals surface area contributed by atoms with E-state index in [9.17, 15) is 9.59 Å². The summed E-state index contributed by atoms with van der Waals surface area (Å²) in [4.78, 5) is 24.0. The summed E-state index contributed by atoms with van der Waals surface area (Å²) in [6.45, 7) is 7.90. The second kappa shape index (κ2) is 9.55. The van der Waals surface area contributed by atoms with Crippen LogP contribution < -0.4 is 5.32 Å². The van der Waals surface area contributed by atoms with E-state index in [-0.39, 0.29) is 17.6 Å². The maximum absolute atomic E-state index is 12.2. The van der Waals surface area contributed by atoms with Gasteiger partial charge < -0.3 is 14.5 Å². The number of aryl methyl sites for hydroxylation is 2. The molecule has 0 aliphatic rings. The van der Waals surface area contributed by atoms with E-state index in [1.54, 1.807) is 0 Å². The quantitative estimate of drug-likeness (QED) is 0.545. The van der Waals surface area contributed by atoms with Crippen molar-refractivity contribution < 1.29 is 18.7 Å². The lowest BCUT2D eigenvalue weighted by Crippen LogP contribution is -2.46. The van der Waals surface area contributed by atoms with Crippen molar-refractivity contribution in [2.45, 2.75) is 45.4 Å². The van der Waals surface area contributed by atoms with Crippen molar-refractivity contribution in [2.75, 3.05) is 12.9 Å². The first-order chi connectivity index (χ1) is 12.8. The van der Waals surface area contributed by atoms with Gasteiger partial charge in [0, 0.05) is 5.56 Å². The monoisotopic (exact) mass is 391 g/mol. The van der Waals surface area contributed by atoms with Crippen molar-refractivity contribution in [1.29, 1.82) is 0 Å². The van der Waals surface area contributed by atoms with Crippen LogP contribution in [0.1, 0.15) is 31.4 Å². The van der Waals surface area contributed by atoms with E-state index in [0.717, 1.165) is 29.3 Å². The fourth-order valence-electron chi connectivity index (χ4n) is 2.40. The number of esters is 1. The number of hydrogen-bond donors (Lipinski definition) is 1. The molecule has 2 rings (SSSR count). The van der Waals surface area contributed by atoms with Gasteiger partial charge in [0.1, 0.15) is 6.04 Å². The molecule has 2 aromatic rings. The highest BCUT2D eigenvalue weighted by Crippen LogP contribution is 2.24. The van der Waals surface area contributed by atoms with Crippen LogP contribution in [0.5, 0.6) is 0 Å². The van der Waals surface area contributed by atoms with Crippen molar-refractivity contribution in [2.24, 2.45) is 5.92 Å². The van der Waals surface area contributed by atoms with Crippen molar-refractivity contribution in [1.82, 2.24) is 15.5 Å². The van der Waals surface area contributed by atoms with Crippen molar-refractivity contribution in [3.63, 3.8) is 0 Å². The Bertz CT molecular complexity index is 806. The summed E-state index contributed by atoms with van der Waals surface area (Å²) in [5.41, 5.74) is 3.16. The number of hydrogen-bond acceptors (Lipinski definition) is 7. The summed E-state index contributed by atoms with van der Waals surface area (Å²) in [6.07, 6.45) is 0.746. The van der Waals surface area contributed by atoms with Crippen molar-refractivity contribution >= 4 is 23.6 Å². The maximum atomic E-state index is 12.2. The van der Waals surface area contributed by atoms with Crippen LogP contribution >= 0.6 is 11.8 Å². The zero-order valence-electron chi connectivity index (χ0n) is 16.2. The van der Waals surface area contributed by atoms with Gasteiger partial charge in [0.25, 0.3) is 5.22 Å². The Kier molecular flexibility index (Phi) is 7.41. The van der Waals surface area contributed by atoms with Gasteiger partial charge in [0.2, 0.25) is 11.8 Å². The van der Waals surface area contributed by atoms with Crippen LogP contribution in [0.4, 0.5) is 0 Å². The lowest BCUT2D eigenvalue weighted by molar-refractivity contribution is -0.146. The van der Waals surface area contributed by atoms with Crippen LogP contribution in [0.2, 0.25) is 0 Å². The molecule has 0 bridgehead atoms. The Hall–Kier alpha value is -2.35. The first-order valence-electron chi connectivity index (χ1n) is 8.76. The molecule has 1 N–H and O–H groups in total. The number of thioether (sulfide) groups is 1. The van der Waals surface area contributed by atoms with Crippen LogP contribution in [0.3, 0.4) is 0 Å². The Labute approximate surface area is 163 Å². The van der Waals surface area contributed by atoms with E-state index in [2.05, 4.69) is 15.5 Å². The summed E-state index contributed by atoms with van der Waals surface area (Å²) in [5, 5.41) is 11.0. The van der Waals surface area contributed by atoms with Crippen molar-refractivity contribution in [3.8, 4) is 11.5 Å². The second-order valence-electron chi connectivity index (χ2n) is 6.41. The van der Waals surface area contributed by atoms with Crippen LogP contribution in [-0.2, 0) is 14.3 Å². The van der Waals surface area contributed by atoms with Gasteiger partial charge in [-0.25, -0.2) is 4.79 Å². The molecular formula is C19H25N3O4S. The van der Waals surface area contributed by atoms with Gasteiger partial charge in [-0.1, -0.05) is 38.1 Å². The van der Waals surface area contributed by atoms with Crippen LogP contribution in [0.15, 0.2) is 27.8 Å². The molecule has 1 aromatic carbocycles. The minimum atomic E-state index is -0.665. The van der Waals surface area contributed by atoms with Gasteiger partial charge in [-0.3, -0.25) is 4.79 Å². The Morgan fingerprint density at radius 2 is 2.00 bits per heavy atom. The predicted octanol–water partition coefficient (Wildman–Crippen LogP) is 3.15. The normalized spacial score (nSPS) is 13.1. The molecule has 8 heteroatoms. The molecule has 0 spiro atoms. The number of amides is 1. The maximum Gasteiger partial charge on any atom is 0.328 e. The molecule has 1 aromatic heterocycles. The average molecular weight is 391 g/mol. The number of methoxy groups -OCH3 is 1. The number of nitrogens with zero attached hydrogens (tertiary/aromatic N) is 2. The minimum absolute atomic E-state index is 0.0221. The average Bonchev–Trinajstić information content (AvgIpc) is 3.14. The molecule has 1 amide bonds. The smallest absolute Gasteiger partial charge is 0.328 e. The molecule has 27 heavy (non-hydrogen) atoms. The first-order valence-corrected chi connectivity index (χ1v) is 9.75. The largest absolute Gasteiger partial charge is 0.467 e. The number of aromatic nitrogens is 2. The van der Waals surface area contributed by atoms with Gasteiger partial charge in [-0.05, 0) is 43.0 Å². The highest BCUT2D eigenvalue weighted by atomic mass is 32.2.